The van der Waals surface area contributed by atoms with Crippen LogP contribution in [0.5, 0.6) is 0 Å². The van der Waals surface area contributed by atoms with Crippen molar-refractivity contribution in [1.29, 1.82) is 0 Å². The summed E-state index contributed by atoms with van der Waals surface area (Å²) in [6.45, 7) is 0. The molecule has 240 valence electrons. The molecule has 0 aromatic heterocycles. The van der Waals surface area contributed by atoms with Gasteiger partial charge in [-0.3, -0.25) is 19.2 Å². The summed E-state index contributed by atoms with van der Waals surface area (Å²) >= 11 is 7.50. The highest BCUT2D eigenvalue weighted by molar-refractivity contribution is 8.00. The summed E-state index contributed by atoms with van der Waals surface area (Å²) in [6, 6.07) is 34.7. The number of nitrogens with one attached hydrogen (secondary N) is 3. The number of nitrogens with two attached hydrogens (primary N) is 1. The molecule has 0 spiro atoms. The second-order valence-corrected chi connectivity index (χ2v) is 11.9. The topological polar surface area (TPSA) is 130 Å². The minimum absolute atomic E-state index is 0.0570. The second kappa shape index (κ2) is 15.7. The smallest absolute Gasteiger partial charge is 0.272 e. The van der Waals surface area contributed by atoms with E-state index in [2.05, 4.69) is 16.0 Å². The molecule has 0 saturated heterocycles. The normalized spacial score (nSPS) is 11.7. The molecule has 0 aliphatic carbocycles. The maximum Gasteiger partial charge on any atom is 0.272 e. The first-order chi connectivity index (χ1) is 23.2. The highest BCUT2D eigenvalue weighted by Gasteiger charge is 2.23. The van der Waals surface area contributed by atoms with Gasteiger partial charge in [0.1, 0.15) is 16.8 Å². The molecule has 0 aliphatic heterocycles. The Kier molecular flexibility index (Phi) is 11.0. The van der Waals surface area contributed by atoms with Crippen LogP contribution in [0.25, 0.3) is 6.08 Å². The van der Waals surface area contributed by atoms with E-state index in [4.69, 9.17) is 17.3 Å². The van der Waals surface area contributed by atoms with Gasteiger partial charge in [-0.05, 0) is 84.4 Å². The lowest BCUT2D eigenvalue weighted by molar-refractivity contribution is -0.116. The van der Waals surface area contributed by atoms with Crippen molar-refractivity contribution in [2.24, 2.45) is 5.73 Å². The minimum atomic E-state index is -0.706. The van der Waals surface area contributed by atoms with E-state index in [0.29, 0.717) is 22.5 Å². The molecular weight excluding hydrogens is 651 g/mol. The van der Waals surface area contributed by atoms with Crippen LogP contribution in [0.15, 0.2) is 138 Å². The predicted molar refractivity (Wildman–Crippen MR) is 187 cm³/mol. The van der Waals surface area contributed by atoms with Crippen LogP contribution in [0.4, 0.5) is 15.8 Å². The third kappa shape index (κ3) is 8.75. The maximum absolute atomic E-state index is 14.6. The maximum atomic E-state index is 14.6. The number of benzene rings is 5. The first kappa shape index (κ1) is 33.6. The number of rotatable bonds is 11. The molecule has 1 unspecified atom stereocenters. The first-order valence-corrected chi connectivity index (χ1v) is 15.8. The standard InChI is InChI=1S/C37H28ClFN4O4S/c38-30-12-7-13-31(39)29(30)22-32(43-35(45)25-10-5-2-6-11-25)36(46)41-27-18-20-28(21-19-27)48-33(23-8-3-1-4-9-23)37(47)42-26-16-14-24(15-17-26)34(40)44/h1-22,33H,(H2,40,44)(H,41,46)(H,42,47)(H,43,45)/b32-22-. The van der Waals surface area contributed by atoms with Gasteiger partial charge in [-0.15, -0.1) is 11.8 Å². The lowest BCUT2D eigenvalue weighted by atomic mass is 10.1. The van der Waals surface area contributed by atoms with E-state index in [1.54, 1.807) is 66.7 Å². The molecule has 0 heterocycles. The summed E-state index contributed by atoms with van der Waals surface area (Å²) in [5.74, 6) is -2.79. The van der Waals surface area contributed by atoms with E-state index in [9.17, 15) is 23.6 Å². The van der Waals surface area contributed by atoms with E-state index in [-0.39, 0.29) is 22.2 Å². The fourth-order valence-electron chi connectivity index (χ4n) is 4.51. The second-order valence-electron chi connectivity index (χ2n) is 10.3. The summed E-state index contributed by atoms with van der Waals surface area (Å²) in [7, 11) is 0. The van der Waals surface area contributed by atoms with Gasteiger partial charge in [-0.25, -0.2) is 4.39 Å². The van der Waals surface area contributed by atoms with Crippen LogP contribution < -0.4 is 21.7 Å². The largest absolute Gasteiger partial charge is 0.366 e. The zero-order valence-electron chi connectivity index (χ0n) is 25.2. The van der Waals surface area contributed by atoms with Crippen molar-refractivity contribution < 1.29 is 23.6 Å². The summed E-state index contributed by atoms with van der Waals surface area (Å²) in [5, 5.41) is 7.60. The van der Waals surface area contributed by atoms with Crippen molar-refractivity contribution in [2.75, 3.05) is 10.6 Å². The van der Waals surface area contributed by atoms with Gasteiger partial charge >= 0.3 is 0 Å². The molecule has 8 nitrogen and oxygen atoms in total. The monoisotopic (exact) mass is 678 g/mol. The Balaban J connectivity index is 1.34. The Morgan fingerprint density at radius 3 is 1.94 bits per heavy atom. The van der Waals surface area contributed by atoms with Gasteiger partial charge in [0, 0.05) is 33.0 Å². The van der Waals surface area contributed by atoms with Gasteiger partial charge in [-0.2, -0.15) is 0 Å². The molecule has 0 saturated carbocycles. The molecule has 0 radical (unpaired) electrons. The average molecular weight is 679 g/mol. The van der Waals surface area contributed by atoms with Crippen LogP contribution in [0.1, 0.15) is 37.1 Å². The predicted octanol–water partition coefficient (Wildman–Crippen LogP) is 7.46. The average Bonchev–Trinajstić information content (AvgIpc) is 3.10. The van der Waals surface area contributed by atoms with Crippen molar-refractivity contribution in [2.45, 2.75) is 10.1 Å². The van der Waals surface area contributed by atoms with Crippen molar-refractivity contribution in [1.82, 2.24) is 5.32 Å². The Hall–Kier alpha value is -5.71. The van der Waals surface area contributed by atoms with E-state index >= 15 is 0 Å². The SMILES string of the molecule is NC(=O)c1ccc(NC(=O)C(Sc2ccc(NC(=O)/C(=C/c3c(F)cccc3Cl)NC(=O)c3ccccc3)cc2)c2ccccc2)cc1. The molecule has 0 fully saturated rings. The van der Waals surface area contributed by atoms with Crippen LogP contribution in [0.3, 0.4) is 0 Å². The summed E-state index contributed by atoms with van der Waals surface area (Å²) < 4.78 is 14.6. The number of hydrogen-bond donors (Lipinski definition) is 4. The Morgan fingerprint density at radius 2 is 1.31 bits per heavy atom. The van der Waals surface area contributed by atoms with Gasteiger partial charge in [-0.1, -0.05) is 66.2 Å². The van der Waals surface area contributed by atoms with E-state index < -0.39 is 28.8 Å². The Labute approximate surface area is 285 Å². The number of amides is 4. The number of primary amides is 1. The van der Waals surface area contributed by atoms with Crippen molar-refractivity contribution >= 4 is 64.4 Å². The summed E-state index contributed by atoms with van der Waals surface area (Å²) in [6.07, 6.45) is 1.18. The molecule has 5 aromatic rings. The zero-order valence-corrected chi connectivity index (χ0v) is 26.7. The van der Waals surface area contributed by atoms with Gasteiger partial charge < -0.3 is 21.7 Å². The van der Waals surface area contributed by atoms with Crippen LogP contribution in [-0.2, 0) is 9.59 Å². The molecule has 4 amide bonds. The molecular formula is C37H28ClFN4O4S. The summed E-state index contributed by atoms with van der Waals surface area (Å²) in [4.78, 5) is 52.0. The van der Waals surface area contributed by atoms with Gasteiger partial charge in [0.2, 0.25) is 11.8 Å². The van der Waals surface area contributed by atoms with Gasteiger partial charge in [0.25, 0.3) is 11.8 Å². The number of anilines is 2. The van der Waals surface area contributed by atoms with Crippen LogP contribution in [0, 0.1) is 5.82 Å². The number of carbonyl (C=O) groups excluding carboxylic acids is 4. The minimum Gasteiger partial charge on any atom is -0.366 e. The molecule has 5 rings (SSSR count). The van der Waals surface area contributed by atoms with E-state index in [0.717, 1.165) is 10.5 Å². The first-order valence-electron chi connectivity index (χ1n) is 14.5. The van der Waals surface area contributed by atoms with E-state index in [1.807, 2.05) is 30.3 Å². The third-order valence-corrected chi connectivity index (χ3v) is 8.56. The number of hydrogen-bond acceptors (Lipinski definition) is 5. The lowest BCUT2D eigenvalue weighted by Gasteiger charge is -2.18. The number of carbonyl (C=O) groups is 4. The zero-order chi connectivity index (χ0) is 34.0. The van der Waals surface area contributed by atoms with Crippen LogP contribution in [0.2, 0.25) is 5.02 Å². The fourth-order valence-corrected chi connectivity index (χ4v) is 5.76. The molecule has 11 heteroatoms. The van der Waals surface area contributed by atoms with Crippen LogP contribution in [-0.4, -0.2) is 23.6 Å². The quantitative estimate of drug-likeness (QED) is 0.0851. The Bertz CT molecular complexity index is 1950. The Morgan fingerprint density at radius 1 is 0.708 bits per heavy atom. The molecule has 48 heavy (non-hydrogen) atoms. The van der Waals surface area contributed by atoms with Crippen molar-refractivity contribution in [3.8, 4) is 0 Å². The molecule has 5 aromatic carbocycles. The van der Waals surface area contributed by atoms with Crippen LogP contribution >= 0.6 is 23.4 Å². The highest BCUT2D eigenvalue weighted by atomic mass is 35.5. The van der Waals surface area contributed by atoms with Gasteiger partial charge in [0.05, 0.1) is 5.02 Å². The molecule has 0 aliphatic rings. The number of thioether (sulfide) groups is 1. The highest BCUT2D eigenvalue weighted by Crippen LogP contribution is 2.37. The fraction of sp³-hybridized carbons (Fsp3) is 0.0270. The number of halogens is 2. The van der Waals surface area contributed by atoms with Gasteiger partial charge in [0.15, 0.2) is 0 Å². The van der Waals surface area contributed by atoms with E-state index in [1.165, 1.54) is 48.2 Å². The van der Waals surface area contributed by atoms with Crippen molar-refractivity contribution in [3.63, 3.8) is 0 Å². The molecule has 0 bridgehead atoms. The third-order valence-electron chi connectivity index (χ3n) is 6.96. The lowest BCUT2D eigenvalue weighted by Crippen LogP contribution is -2.30. The molecule has 1 atom stereocenters. The molecule has 5 N–H and O–H groups in total. The van der Waals surface area contributed by atoms with Crippen molar-refractivity contribution in [3.05, 3.63) is 166 Å². The summed E-state index contributed by atoms with van der Waals surface area (Å²) in [5.41, 5.74) is 7.33.